The van der Waals surface area contributed by atoms with Crippen LogP contribution in [0.1, 0.15) is 26.2 Å². The van der Waals surface area contributed by atoms with Crippen LogP contribution in [-0.2, 0) is 4.79 Å². The first-order chi connectivity index (χ1) is 8.81. The molecule has 0 radical (unpaired) electrons. The number of aliphatic hydroxyl groups is 6. The van der Waals surface area contributed by atoms with E-state index < -0.39 is 43.6 Å². The van der Waals surface area contributed by atoms with Crippen LogP contribution in [0.3, 0.4) is 0 Å². The predicted molar refractivity (Wildman–Crippen MR) is 65.4 cm³/mol. The van der Waals surface area contributed by atoms with Gasteiger partial charge < -0.3 is 35.7 Å². The van der Waals surface area contributed by atoms with Crippen LogP contribution in [0.2, 0.25) is 0 Å². The van der Waals surface area contributed by atoms with Crippen LogP contribution in [0.15, 0.2) is 0 Å². The summed E-state index contributed by atoms with van der Waals surface area (Å²) >= 11 is 0. The van der Waals surface area contributed by atoms with Crippen LogP contribution < -0.4 is 0 Å². The molecular formula is C11H24O8. The molecule has 0 spiro atoms. The van der Waals surface area contributed by atoms with Gasteiger partial charge in [-0.2, -0.15) is 0 Å². The molecule has 0 fully saturated rings. The molecule has 8 heteroatoms. The monoisotopic (exact) mass is 284 g/mol. The molecule has 7 N–H and O–H groups in total. The summed E-state index contributed by atoms with van der Waals surface area (Å²) in [5.41, 5.74) is 0. The number of aliphatic hydroxyl groups excluding tert-OH is 6. The highest BCUT2D eigenvalue weighted by molar-refractivity contribution is 5.66. The molecule has 0 aliphatic carbocycles. The molecule has 0 aliphatic rings. The zero-order valence-corrected chi connectivity index (χ0v) is 10.9. The molecule has 19 heavy (non-hydrogen) atoms. The van der Waals surface area contributed by atoms with Crippen molar-refractivity contribution in [2.24, 2.45) is 0 Å². The molecule has 0 bridgehead atoms. The Hall–Kier alpha value is -0.770. The van der Waals surface area contributed by atoms with Crippen LogP contribution in [0.5, 0.6) is 0 Å². The molecule has 8 nitrogen and oxygen atoms in total. The highest BCUT2D eigenvalue weighted by Gasteiger charge is 2.29. The van der Waals surface area contributed by atoms with Crippen molar-refractivity contribution >= 4 is 5.97 Å². The highest BCUT2D eigenvalue weighted by Crippen LogP contribution is 2.04. The molecule has 0 aliphatic heterocycles. The minimum atomic E-state index is -1.67. The summed E-state index contributed by atoms with van der Waals surface area (Å²) in [6, 6.07) is 0. The molecule has 0 aromatic heterocycles. The first kappa shape index (κ1) is 20.5. The summed E-state index contributed by atoms with van der Waals surface area (Å²) in [4.78, 5) is 9.76. The van der Waals surface area contributed by atoms with Gasteiger partial charge in [-0.05, 0) is 6.42 Å². The zero-order valence-electron chi connectivity index (χ0n) is 10.9. The van der Waals surface area contributed by atoms with Crippen LogP contribution >= 0.6 is 0 Å². The number of hydrogen-bond acceptors (Lipinski definition) is 7. The van der Waals surface area contributed by atoms with Gasteiger partial charge in [0.15, 0.2) is 0 Å². The Bertz CT molecular complexity index is 209. The van der Waals surface area contributed by atoms with Gasteiger partial charge in [-0.3, -0.25) is 4.79 Å². The molecule has 116 valence electrons. The number of unbranched alkanes of at least 4 members (excludes halogenated alkanes) is 1. The van der Waals surface area contributed by atoms with Crippen LogP contribution in [0.4, 0.5) is 0 Å². The molecule has 4 atom stereocenters. The Morgan fingerprint density at radius 3 is 1.47 bits per heavy atom. The van der Waals surface area contributed by atoms with Gasteiger partial charge in [0.1, 0.15) is 24.4 Å². The third kappa shape index (κ3) is 10.8. The SMILES string of the molecule is CCCCC(=O)O.OC[C@@H](O)[C@@H](O)[C@H](O)[C@H](O)CO. The van der Waals surface area contributed by atoms with Gasteiger partial charge in [0.05, 0.1) is 13.2 Å². The topological polar surface area (TPSA) is 159 Å². The summed E-state index contributed by atoms with van der Waals surface area (Å²) in [6.45, 7) is 0.524. The predicted octanol–water partition coefficient (Wildman–Crippen LogP) is -2.32. The van der Waals surface area contributed by atoms with E-state index in [4.69, 9.17) is 35.7 Å². The number of aliphatic carboxylic acids is 1. The maximum Gasteiger partial charge on any atom is 0.303 e. The maximum absolute atomic E-state index is 9.76. The Balaban J connectivity index is 0. The minimum absolute atomic E-state index is 0.316. The smallest absolute Gasteiger partial charge is 0.303 e. The standard InChI is InChI=1S/C6H14O6.C5H10O2/c7-1-3(9)5(11)6(12)4(10)2-8;1-2-3-4-5(6)7/h3-12H,1-2H2;2-4H2,1H3,(H,6,7)/t3-,4-,5-,6-;/m1./s1. The average molecular weight is 284 g/mol. The Morgan fingerprint density at radius 2 is 1.32 bits per heavy atom. The summed E-state index contributed by atoms with van der Waals surface area (Å²) in [7, 11) is 0. The molecule has 0 heterocycles. The molecule has 0 saturated carbocycles. The van der Waals surface area contributed by atoms with Gasteiger partial charge in [0.25, 0.3) is 0 Å². The fourth-order valence-electron chi connectivity index (χ4n) is 0.999. The number of carboxylic acids is 1. The maximum atomic E-state index is 9.76. The highest BCUT2D eigenvalue weighted by atomic mass is 16.4. The van der Waals surface area contributed by atoms with E-state index in [-0.39, 0.29) is 0 Å². The van der Waals surface area contributed by atoms with Crippen molar-refractivity contribution in [2.45, 2.75) is 50.6 Å². The van der Waals surface area contributed by atoms with Crippen molar-refractivity contribution in [1.29, 1.82) is 0 Å². The van der Waals surface area contributed by atoms with E-state index in [9.17, 15) is 4.79 Å². The summed E-state index contributed by atoms with van der Waals surface area (Å²) < 4.78 is 0. The molecule has 0 amide bonds. The van der Waals surface area contributed by atoms with Gasteiger partial charge in [-0.25, -0.2) is 0 Å². The van der Waals surface area contributed by atoms with E-state index in [0.717, 1.165) is 12.8 Å². The van der Waals surface area contributed by atoms with Crippen LogP contribution in [0.25, 0.3) is 0 Å². The second-order valence-corrected chi connectivity index (χ2v) is 3.98. The molecule has 0 unspecified atom stereocenters. The molecular weight excluding hydrogens is 260 g/mol. The third-order valence-corrected chi connectivity index (χ3v) is 2.26. The first-order valence-corrected chi connectivity index (χ1v) is 5.97. The van der Waals surface area contributed by atoms with Gasteiger partial charge in [0.2, 0.25) is 0 Å². The van der Waals surface area contributed by atoms with E-state index in [0.29, 0.717) is 6.42 Å². The normalized spacial score (nSPS) is 16.8. The lowest BCUT2D eigenvalue weighted by atomic mass is 10.0. The number of rotatable bonds is 8. The van der Waals surface area contributed by atoms with Gasteiger partial charge in [0, 0.05) is 6.42 Å². The number of carbonyl (C=O) groups is 1. The van der Waals surface area contributed by atoms with Gasteiger partial charge in [-0.15, -0.1) is 0 Å². The fraction of sp³-hybridized carbons (Fsp3) is 0.909. The van der Waals surface area contributed by atoms with E-state index in [1.54, 1.807) is 0 Å². The lowest BCUT2D eigenvalue weighted by Gasteiger charge is -2.24. The van der Waals surface area contributed by atoms with Crippen molar-refractivity contribution in [3.63, 3.8) is 0 Å². The van der Waals surface area contributed by atoms with Gasteiger partial charge >= 0.3 is 5.97 Å². The van der Waals surface area contributed by atoms with Gasteiger partial charge in [-0.1, -0.05) is 13.3 Å². The zero-order chi connectivity index (χ0) is 15.4. The van der Waals surface area contributed by atoms with Crippen molar-refractivity contribution in [1.82, 2.24) is 0 Å². The summed E-state index contributed by atoms with van der Waals surface area (Å²) in [5.74, 6) is -0.693. The second-order valence-electron chi connectivity index (χ2n) is 3.98. The van der Waals surface area contributed by atoms with E-state index in [2.05, 4.69) is 0 Å². The van der Waals surface area contributed by atoms with Crippen LogP contribution in [0, 0.1) is 0 Å². The number of hydrogen-bond donors (Lipinski definition) is 7. The largest absolute Gasteiger partial charge is 0.481 e. The van der Waals surface area contributed by atoms with Crippen molar-refractivity contribution in [3.05, 3.63) is 0 Å². The Morgan fingerprint density at radius 1 is 0.947 bits per heavy atom. The third-order valence-electron chi connectivity index (χ3n) is 2.26. The molecule has 0 aromatic carbocycles. The van der Waals surface area contributed by atoms with Crippen molar-refractivity contribution in [3.8, 4) is 0 Å². The Labute approximate surface area is 111 Å². The molecule has 0 saturated heterocycles. The second kappa shape index (κ2) is 12.3. The summed E-state index contributed by atoms with van der Waals surface area (Å²) in [5, 5.41) is 60.2. The Kier molecular flexibility index (Phi) is 13.3. The van der Waals surface area contributed by atoms with Crippen molar-refractivity contribution < 1.29 is 40.5 Å². The lowest BCUT2D eigenvalue weighted by molar-refractivity contribution is -0.137. The lowest BCUT2D eigenvalue weighted by Crippen LogP contribution is -2.46. The molecule has 0 aromatic rings. The fourth-order valence-corrected chi connectivity index (χ4v) is 0.999. The van der Waals surface area contributed by atoms with Crippen LogP contribution in [-0.4, -0.2) is 79.3 Å². The van der Waals surface area contributed by atoms with Crippen molar-refractivity contribution in [2.75, 3.05) is 13.2 Å². The average Bonchev–Trinajstić information content (AvgIpc) is 2.42. The van der Waals surface area contributed by atoms with E-state index >= 15 is 0 Å². The molecule has 0 rings (SSSR count). The van der Waals surface area contributed by atoms with E-state index in [1.807, 2.05) is 6.92 Å². The first-order valence-electron chi connectivity index (χ1n) is 5.97. The van der Waals surface area contributed by atoms with E-state index in [1.165, 1.54) is 0 Å². The minimum Gasteiger partial charge on any atom is -0.481 e. The number of carboxylic acid groups (broad SMARTS) is 1. The quantitative estimate of drug-likeness (QED) is 0.261. The summed E-state index contributed by atoms with van der Waals surface area (Å²) in [6.07, 6.45) is -4.31.